The van der Waals surface area contributed by atoms with Crippen LogP contribution in [-0.4, -0.2) is 33.8 Å². The first-order chi connectivity index (χ1) is 17.7. The summed E-state index contributed by atoms with van der Waals surface area (Å²) in [6.07, 6.45) is 8.09. The smallest absolute Gasteiger partial charge is 0.0445 e. The van der Waals surface area contributed by atoms with E-state index >= 15 is 0 Å². The van der Waals surface area contributed by atoms with Crippen molar-refractivity contribution in [1.29, 1.82) is 0 Å². The molecule has 4 aromatic carbocycles. The molecule has 2 fully saturated rings. The second-order valence-electron chi connectivity index (χ2n) is 9.32. The van der Waals surface area contributed by atoms with Crippen LogP contribution in [0.25, 0.3) is 21.5 Å². The van der Waals surface area contributed by atoms with Crippen LogP contribution in [0.1, 0.15) is 38.5 Å². The zero-order chi connectivity index (χ0) is 25.2. The normalized spacial score (nSPS) is 15.5. The molecule has 4 aromatic rings. The summed E-state index contributed by atoms with van der Waals surface area (Å²) < 4.78 is 3.88. The molecule has 185 valence electrons. The SMILES string of the molecule is Brc1ccc(N2CCCCC2)c2ccccc12.[B]=NS.c1ccc2c(N3CCCCC3)cccc2c1. The molecular weight excluding hydrogens is 525 g/mol. The average Bonchev–Trinajstić information content (AvgIpc) is 2.95. The molecule has 0 spiro atoms. The van der Waals surface area contributed by atoms with E-state index in [1.54, 1.807) is 0 Å². The predicted molar refractivity (Wildman–Crippen MR) is 165 cm³/mol. The summed E-state index contributed by atoms with van der Waals surface area (Å²) in [6, 6.07) is 28.4. The van der Waals surface area contributed by atoms with E-state index in [2.05, 4.69) is 129 Å². The Morgan fingerprint density at radius 1 is 0.583 bits per heavy atom. The average molecular weight is 559 g/mol. The van der Waals surface area contributed by atoms with Crippen LogP contribution in [0.2, 0.25) is 0 Å². The van der Waals surface area contributed by atoms with Gasteiger partial charge in [-0.05, 0) is 67.5 Å². The third kappa shape index (κ3) is 6.71. The van der Waals surface area contributed by atoms with Crippen molar-refractivity contribution in [3.05, 3.63) is 83.3 Å². The van der Waals surface area contributed by atoms with Gasteiger partial charge in [0.15, 0.2) is 0 Å². The van der Waals surface area contributed by atoms with E-state index in [0.717, 1.165) is 0 Å². The van der Waals surface area contributed by atoms with Crippen molar-refractivity contribution < 1.29 is 0 Å². The molecule has 0 unspecified atom stereocenters. The number of halogens is 1. The molecule has 1 radical (unpaired) electrons. The summed E-state index contributed by atoms with van der Waals surface area (Å²) in [6.45, 7) is 4.83. The van der Waals surface area contributed by atoms with Crippen molar-refractivity contribution in [1.82, 2.24) is 0 Å². The van der Waals surface area contributed by atoms with Gasteiger partial charge in [0.05, 0.1) is 0 Å². The van der Waals surface area contributed by atoms with Gasteiger partial charge in [-0.3, -0.25) is 0 Å². The van der Waals surface area contributed by atoms with Gasteiger partial charge in [0.25, 0.3) is 0 Å². The van der Waals surface area contributed by atoms with Crippen molar-refractivity contribution in [2.75, 3.05) is 36.0 Å². The summed E-state index contributed by atoms with van der Waals surface area (Å²) in [7, 11) is 4.34. The Hall–Kier alpha value is -2.31. The van der Waals surface area contributed by atoms with Gasteiger partial charge in [-0.2, -0.15) is 0 Å². The number of anilines is 2. The van der Waals surface area contributed by atoms with Crippen LogP contribution in [0.15, 0.2) is 87.6 Å². The Balaban J connectivity index is 0.000000153. The molecule has 0 aliphatic carbocycles. The number of hydrogen-bond donors (Lipinski definition) is 1. The van der Waals surface area contributed by atoms with E-state index in [-0.39, 0.29) is 0 Å². The fraction of sp³-hybridized carbons (Fsp3) is 0.333. The first-order valence-corrected chi connectivity index (χ1v) is 14.1. The summed E-state index contributed by atoms with van der Waals surface area (Å²) >= 11 is 6.83. The Morgan fingerprint density at radius 3 is 1.67 bits per heavy atom. The largest absolute Gasteiger partial charge is 0.371 e. The van der Waals surface area contributed by atoms with Crippen LogP contribution in [-0.2, 0) is 0 Å². The second kappa shape index (κ2) is 13.9. The zero-order valence-electron chi connectivity index (χ0n) is 20.8. The number of thiol groups is 1. The topological polar surface area (TPSA) is 18.8 Å². The van der Waals surface area contributed by atoms with E-state index in [9.17, 15) is 0 Å². The fourth-order valence-corrected chi connectivity index (χ4v) is 5.75. The molecule has 0 atom stereocenters. The Morgan fingerprint density at radius 2 is 1.06 bits per heavy atom. The van der Waals surface area contributed by atoms with Gasteiger partial charge in [-0.15, -0.1) is 0 Å². The molecule has 0 aromatic heterocycles. The van der Waals surface area contributed by atoms with Crippen LogP contribution in [0.5, 0.6) is 0 Å². The number of benzene rings is 4. The molecule has 2 saturated heterocycles. The second-order valence-corrected chi connectivity index (χ2v) is 10.4. The van der Waals surface area contributed by atoms with E-state index in [4.69, 9.17) is 0 Å². The zero-order valence-corrected chi connectivity index (χ0v) is 23.3. The summed E-state index contributed by atoms with van der Waals surface area (Å²) in [4.78, 5) is 5.06. The van der Waals surface area contributed by atoms with Crippen LogP contribution >= 0.6 is 28.7 Å². The van der Waals surface area contributed by atoms with Crippen molar-refractivity contribution in [3.8, 4) is 0 Å². The molecule has 3 nitrogen and oxygen atoms in total. The molecule has 2 aliphatic heterocycles. The Kier molecular flexibility index (Phi) is 10.3. The number of fused-ring (bicyclic) bond motifs is 2. The minimum atomic E-state index is 1.19. The fourth-order valence-electron chi connectivity index (χ4n) is 5.28. The number of nitrogens with zero attached hydrogens (tertiary/aromatic N) is 3. The van der Waals surface area contributed by atoms with E-state index in [1.807, 2.05) is 0 Å². The first-order valence-electron chi connectivity index (χ1n) is 12.9. The van der Waals surface area contributed by atoms with Gasteiger partial charge < -0.3 is 9.80 Å². The molecule has 6 rings (SSSR count). The van der Waals surface area contributed by atoms with Gasteiger partial charge in [0.2, 0.25) is 0 Å². The minimum absolute atomic E-state index is 1.19. The number of rotatable bonds is 2. The Bertz CT molecular complexity index is 1260. The molecule has 0 bridgehead atoms. The molecule has 2 aliphatic rings. The number of piperidine rings is 2. The molecule has 0 amide bonds. The van der Waals surface area contributed by atoms with Crippen molar-refractivity contribution in [2.24, 2.45) is 4.30 Å². The predicted octanol–water partition coefficient (Wildman–Crippen LogP) is 8.61. The Labute approximate surface area is 230 Å². The molecule has 0 N–H and O–H groups in total. The van der Waals surface area contributed by atoms with Gasteiger partial charge in [0, 0.05) is 52.8 Å². The third-order valence-electron chi connectivity index (χ3n) is 7.01. The molecule has 2 heterocycles. The minimum Gasteiger partial charge on any atom is -0.371 e. The van der Waals surface area contributed by atoms with Gasteiger partial charge in [-0.1, -0.05) is 76.6 Å². The maximum atomic E-state index is 4.34. The van der Waals surface area contributed by atoms with Gasteiger partial charge >= 0.3 is 24.8 Å². The van der Waals surface area contributed by atoms with Crippen LogP contribution in [0.4, 0.5) is 11.4 Å². The van der Waals surface area contributed by atoms with Crippen LogP contribution in [0.3, 0.4) is 0 Å². The van der Waals surface area contributed by atoms with Crippen molar-refractivity contribution in [2.45, 2.75) is 38.5 Å². The summed E-state index contributed by atoms with van der Waals surface area (Å²) in [5, 5.41) is 5.43. The summed E-state index contributed by atoms with van der Waals surface area (Å²) in [5.41, 5.74) is 2.81. The molecule has 0 saturated carbocycles. The molecule has 36 heavy (non-hydrogen) atoms. The maximum Gasteiger partial charge on any atom is 0.0445 e. The first kappa shape index (κ1) is 26.7. The van der Waals surface area contributed by atoms with E-state index in [1.165, 1.54) is 102 Å². The van der Waals surface area contributed by atoms with Crippen molar-refractivity contribution >= 4 is 69.3 Å². The van der Waals surface area contributed by atoms with Crippen LogP contribution < -0.4 is 9.80 Å². The molecule has 6 heteroatoms. The van der Waals surface area contributed by atoms with E-state index in [0.29, 0.717) is 0 Å². The monoisotopic (exact) mass is 558 g/mol. The third-order valence-corrected chi connectivity index (χ3v) is 7.70. The maximum absolute atomic E-state index is 4.34. The van der Waals surface area contributed by atoms with E-state index < -0.39 is 0 Å². The standard InChI is InChI=1S/C15H16BrN.C15H17N.BHNS/c16-14-8-9-15(17-10-4-1-5-11-17)13-7-3-2-6-12(13)14;1-4-11-16(12-5-1)15-10-6-8-13-7-2-3-9-14(13)15;1-2-3/h2-3,6-9H,1,4-5,10-11H2;2-3,6-10H,1,4-5,11-12H2;3H. The van der Waals surface area contributed by atoms with Gasteiger partial charge in [0.1, 0.15) is 0 Å². The quantitative estimate of drug-likeness (QED) is 0.196. The van der Waals surface area contributed by atoms with Crippen molar-refractivity contribution in [3.63, 3.8) is 0 Å². The van der Waals surface area contributed by atoms with Gasteiger partial charge in [-0.25, -0.2) is 0 Å². The van der Waals surface area contributed by atoms with Crippen LogP contribution in [0, 0.1) is 0 Å². The summed E-state index contributed by atoms with van der Waals surface area (Å²) in [5.74, 6) is 0. The number of hydrogen-bond acceptors (Lipinski definition) is 4. The molecular formula is C30H34BBrN3S.